The van der Waals surface area contributed by atoms with Crippen molar-refractivity contribution in [2.45, 2.75) is 13.8 Å². The zero-order chi connectivity index (χ0) is 23.9. The first-order valence-corrected chi connectivity index (χ1v) is 12.7. The summed E-state index contributed by atoms with van der Waals surface area (Å²) >= 11 is 0. The number of nitrogens with zero attached hydrogens (tertiary/aromatic N) is 3. The highest BCUT2D eigenvalue weighted by molar-refractivity contribution is 7.68. The zero-order valence-electron chi connectivity index (χ0n) is 19.3. The van der Waals surface area contributed by atoms with Crippen LogP contribution in [-0.2, 0) is 0 Å². The zero-order valence-corrected chi connectivity index (χ0v) is 20.2. The molecule has 0 aliphatic carbocycles. The van der Waals surface area contributed by atoms with Crippen molar-refractivity contribution in [2.75, 3.05) is 0 Å². The highest BCUT2D eigenvalue weighted by Crippen LogP contribution is 2.38. The molecular weight excluding hydrogens is 453 g/mol. The Balaban J connectivity index is 1.64. The number of aromatic nitrogens is 3. The summed E-state index contributed by atoms with van der Waals surface area (Å²) in [6.07, 6.45) is 0. The monoisotopic (exact) mass is 475 g/mol. The molecule has 0 saturated heterocycles. The summed E-state index contributed by atoms with van der Waals surface area (Å²) in [5, 5.41) is 2.70. The van der Waals surface area contributed by atoms with Gasteiger partial charge < -0.3 is 4.52 Å². The number of hydrogen-bond acceptors (Lipinski definition) is 4. The topological polar surface area (TPSA) is 56.5 Å². The van der Waals surface area contributed by atoms with Crippen LogP contribution in [0.4, 0.5) is 0 Å². The molecule has 6 rings (SSSR count). The van der Waals surface area contributed by atoms with Crippen LogP contribution in [0.1, 0.15) is 11.1 Å². The molecule has 5 nitrogen and oxygen atoms in total. The number of hydrogen-bond donors (Lipinski definition) is 0. The van der Waals surface area contributed by atoms with E-state index in [1.165, 1.54) is 0 Å². The highest BCUT2D eigenvalue weighted by atomic mass is 31.1. The van der Waals surface area contributed by atoms with Crippen LogP contribution < -0.4 is 20.7 Å². The summed E-state index contributed by atoms with van der Waals surface area (Å²) in [6.45, 7) is 4.15. The molecule has 35 heavy (non-hydrogen) atoms. The summed E-state index contributed by atoms with van der Waals surface area (Å²) in [7, 11) is -1.26. The molecule has 2 aromatic heterocycles. The van der Waals surface area contributed by atoms with E-state index < -0.39 is 8.15 Å². The van der Waals surface area contributed by atoms with Gasteiger partial charge in [0.25, 0.3) is 11.4 Å². The number of aryl methyl sites for hydroxylation is 2. The van der Waals surface area contributed by atoms with E-state index in [0.717, 1.165) is 21.7 Å². The first-order chi connectivity index (χ1) is 17.1. The average molecular weight is 475 g/mol. The van der Waals surface area contributed by atoms with Crippen LogP contribution in [0.3, 0.4) is 0 Å². The van der Waals surface area contributed by atoms with Crippen LogP contribution in [0.25, 0.3) is 27.6 Å². The Bertz CT molecular complexity index is 1750. The second-order valence-electron chi connectivity index (χ2n) is 8.56. The van der Waals surface area contributed by atoms with Crippen LogP contribution >= 0.6 is 8.15 Å². The molecule has 0 atom stereocenters. The molecule has 0 amide bonds. The van der Waals surface area contributed by atoms with Crippen molar-refractivity contribution in [3.63, 3.8) is 0 Å². The smallest absolute Gasteiger partial charge is 0.266 e. The summed E-state index contributed by atoms with van der Waals surface area (Å²) in [5.41, 5.74) is 4.59. The van der Waals surface area contributed by atoms with Gasteiger partial charge in [0.2, 0.25) is 5.65 Å². The van der Waals surface area contributed by atoms with E-state index in [-0.39, 0.29) is 5.56 Å². The molecule has 0 aliphatic heterocycles. The van der Waals surface area contributed by atoms with Gasteiger partial charge in [0.05, 0.1) is 21.9 Å². The van der Waals surface area contributed by atoms with Gasteiger partial charge >= 0.3 is 0 Å². The molecule has 0 bridgehead atoms. The van der Waals surface area contributed by atoms with E-state index in [9.17, 15) is 4.79 Å². The maximum Gasteiger partial charge on any atom is 0.266 e. The summed E-state index contributed by atoms with van der Waals surface area (Å²) < 4.78 is 8.38. The number of fused-ring (bicyclic) bond motifs is 4. The standard InChI is InChI=1S/C29H22N3O2P/c1-19-9-7-11-21(17-19)35(22-12-8-10-20(2)18-22)34-28-27-30-24-14-4-3-13-23(24)29(33)32(27)26-16-6-5-15-25(26)31-28/h3-18H,1-2H3. The third kappa shape index (κ3) is 3.84. The average Bonchev–Trinajstić information content (AvgIpc) is 2.87. The van der Waals surface area contributed by atoms with Gasteiger partial charge in [0.1, 0.15) is 0 Å². The fraction of sp³-hybridized carbons (Fsp3) is 0.0690. The minimum atomic E-state index is -1.26. The highest BCUT2D eigenvalue weighted by Gasteiger charge is 2.22. The van der Waals surface area contributed by atoms with Crippen LogP contribution in [0, 0.1) is 13.8 Å². The van der Waals surface area contributed by atoms with Crippen LogP contribution in [0.5, 0.6) is 5.88 Å². The molecule has 6 heteroatoms. The summed E-state index contributed by atoms with van der Waals surface area (Å²) in [6, 6.07) is 31.7. The second kappa shape index (κ2) is 8.61. The van der Waals surface area contributed by atoms with Crippen molar-refractivity contribution in [1.29, 1.82) is 0 Å². The van der Waals surface area contributed by atoms with Crippen molar-refractivity contribution in [2.24, 2.45) is 0 Å². The van der Waals surface area contributed by atoms with Crippen LogP contribution in [0.15, 0.2) is 102 Å². The Morgan fingerprint density at radius 1 is 0.714 bits per heavy atom. The lowest BCUT2D eigenvalue weighted by Crippen LogP contribution is -2.20. The third-order valence-electron chi connectivity index (χ3n) is 5.96. The van der Waals surface area contributed by atoms with Gasteiger partial charge in [-0.1, -0.05) is 71.8 Å². The largest absolute Gasteiger partial charge is 0.444 e. The molecule has 0 radical (unpaired) electrons. The Hall–Kier alpha value is -4.08. The van der Waals surface area contributed by atoms with Gasteiger partial charge in [-0.15, -0.1) is 0 Å². The maximum absolute atomic E-state index is 13.6. The van der Waals surface area contributed by atoms with Crippen LogP contribution in [-0.4, -0.2) is 14.4 Å². The Morgan fingerprint density at radius 2 is 1.34 bits per heavy atom. The Labute approximate surface area is 203 Å². The van der Waals surface area contributed by atoms with Gasteiger partial charge in [-0.05, 0) is 50.2 Å². The van der Waals surface area contributed by atoms with E-state index in [2.05, 4.69) is 50.2 Å². The predicted molar refractivity (Wildman–Crippen MR) is 143 cm³/mol. The van der Waals surface area contributed by atoms with Crippen molar-refractivity contribution in [3.8, 4) is 5.88 Å². The van der Waals surface area contributed by atoms with Gasteiger partial charge in [0, 0.05) is 10.6 Å². The van der Waals surface area contributed by atoms with E-state index in [4.69, 9.17) is 14.5 Å². The fourth-order valence-corrected chi connectivity index (χ4v) is 6.21. The molecule has 0 saturated carbocycles. The normalized spacial score (nSPS) is 11.5. The third-order valence-corrected chi connectivity index (χ3v) is 7.81. The maximum atomic E-state index is 13.6. The lowest BCUT2D eigenvalue weighted by atomic mass is 10.2. The van der Waals surface area contributed by atoms with E-state index >= 15 is 0 Å². The molecule has 0 spiro atoms. The van der Waals surface area contributed by atoms with Gasteiger partial charge in [0.15, 0.2) is 8.15 Å². The van der Waals surface area contributed by atoms with Gasteiger partial charge in [-0.25, -0.2) is 9.97 Å². The molecule has 0 unspecified atom stereocenters. The second-order valence-corrected chi connectivity index (χ2v) is 10.4. The molecule has 0 fully saturated rings. The molecular formula is C29H22N3O2P. The lowest BCUT2D eigenvalue weighted by Gasteiger charge is -2.21. The quantitative estimate of drug-likeness (QED) is 0.194. The molecule has 6 aromatic rings. The van der Waals surface area contributed by atoms with Gasteiger partial charge in [-0.2, -0.15) is 0 Å². The van der Waals surface area contributed by atoms with Crippen LogP contribution in [0.2, 0.25) is 0 Å². The lowest BCUT2D eigenvalue weighted by molar-refractivity contribution is 0.605. The van der Waals surface area contributed by atoms with E-state index in [1.807, 2.05) is 54.6 Å². The first-order valence-electron chi connectivity index (χ1n) is 11.4. The SMILES string of the molecule is Cc1cccc(P(Oc2nc3ccccc3n3c(=O)c4ccccc4nc23)c2cccc(C)c2)c1. The fourth-order valence-electron chi connectivity index (χ4n) is 4.32. The molecule has 2 heterocycles. The first kappa shape index (κ1) is 21.5. The predicted octanol–water partition coefficient (Wildman–Crippen LogP) is 5.44. The minimum Gasteiger partial charge on any atom is -0.444 e. The van der Waals surface area contributed by atoms with Crippen molar-refractivity contribution in [1.82, 2.24) is 14.4 Å². The molecule has 4 aromatic carbocycles. The molecule has 0 aliphatic rings. The molecule has 170 valence electrons. The summed E-state index contributed by atoms with van der Waals surface area (Å²) in [4.78, 5) is 23.3. The Morgan fingerprint density at radius 3 is 2.03 bits per heavy atom. The summed E-state index contributed by atoms with van der Waals surface area (Å²) in [5.74, 6) is 0.348. The number of rotatable bonds is 4. The van der Waals surface area contributed by atoms with Crippen molar-refractivity contribution in [3.05, 3.63) is 119 Å². The Kier molecular flexibility index (Phi) is 5.28. The van der Waals surface area contributed by atoms with Gasteiger partial charge in [-0.3, -0.25) is 9.20 Å². The number of para-hydroxylation sites is 3. The number of benzene rings is 4. The van der Waals surface area contributed by atoms with E-state index in [0.29, 0.717) is 33.5 Å². The van der Waals surface area contributed by atoms with E-state index in [1.54, 1.807) is 10.5 Å². The van der Waals surface area contributed by atoms with Crippen molar-refractivity contribution < 1.29 is 4.52 Å². The van der Waals surface area contributed by atoms with Crippen molar-refractivity contribution >= 4 is 46.3 Å². The molecule has 0 N–H and O–H groups in total. The minimum absolute atomic E-state index is 0.135.